The van der Waals surface area contributed by atoms with Crippen LogP contribution in [-0.2, 0) is 27.2 Å². The van der Waals surface area contributed by atoms with Crippen LogP contribution < -0.4 is 0 Å². The summed E-state index contributed by atoms with van der Waals surface area (Å²) in [4.78, 5) is 11.2. The molecule has 1 aliphatic heterocycles. The molecule has 0 spiro atoms. The van der Waals surface area contributed by atoms with Gasteiger partial charge in [0.25, 0.3) is 0 Å². The molecule has 1 saturated heterocycles. The van der Waals surface area contributed by atoms with Gasteiger partial charge in [0.2, 0.25) is 10.0 Å². The Balaban J connectivity index is 2.38. The van der Waals surface area contributed by atoms with Gasteiger partial charge in [-0.15, -0.1) is 0 Å². The number of aromatic carboxylic acids is 1. The molecule has 1 N–H and O–H groups in total. The number of sulfonamides is 1. The molecule has 1 aliphatic rings. The molecule has 0 saturated carbocycles. The summed E-state index contributed by atoms with van der Waals surface area (Å²) in [6.07, 6.45) is 0.519. The Bertz CT molecular complexity index is 674. The molecule has 1 aromatic rings. The highest BCUT2D eigenvalue weighted by Crippen LogP contribution is 2.21. The summed E-state index contributed by atoms with van der Waals surface area (Å²) >= 11 is 0. The zero-order chi connectivity index (χ0) is 15.6. The molecule has 1 fully saturated rings. The molecule has 1 aromatic carbocycles. The van der Waals surface area contributed by atoms with Crippen molar-refractivity contribution in [2.75, 3.05) is 24.6 Å². The van der Waals surface area contributed by atoms with E-state index in [9.17, 15) is 22.5 Å². The molecule has 0 bridgehead atoms. The van der Waals surface area contributed by atoms with Gasteiger partial charge in [-0.2, -0.15) is 4.31 Å². The SMILES string of the molecule is CCc1ccc(S(=O)(=O)N2CCS(=O)CC2)cc1C(=O)O. The molecule has 0 amide bonds. The summed E-state index contributed by atoms with van der Waals surface area (Å²) in [5.41, 5.74) is 0.611. The fourth-order valence-electron chi connectivity index (χ4n) is 2.23. The zero-order valence-corrected chi connectivity index (χ0v) is 13.2. The van der Waals surface area contributed by atoms with Gasteiger partial charge < -0.3 is 5.11 Å². The Morgan fingerprint density at radius 2 is 1.95 bits per heavy atom. The van der Waals surface area contributed by atoms with Gasteiger partial charge in [0.05, 0.1) is 10.5 Å². The number of rotatable bonds is 4. The average molecular weight is 331 g/mol. The first-order valence-electron chi connectivity index (χ1n) is 6.57. The number of carbonyl (C=O) groups is 1. The average Bonchev–Trinajstić information content (AvgIpc) is 2.46. The summed E-state index contributed by atoms with van der Waals surface area (Å²) in [7, 11) is -4.70. The minimum Gasteiger partial charge on any atom is -0.478 e. The first kappa shape index (κ1) is 16.1. The second kappa shape index (κ2) is 6.25. The summed E-state index contributed by atoms with van der Waals surface area (Å²) in [5.74, 6) is -0.500. The van der Waals surface area contributed by atoms with Crippen molar-refractivity contribution in [2.24, 2.45) is 0 Å². The van der Waals surface area contributed by atoms with Crippen LogP contribution in [0.5, 0.6) is 0 Å². The number of carboxylic acid groups (broad SMARTS) is 1. The monoisotopic (exact) mass is 331 g/mol. The van der Waals surface area contributed by atoms with Crippen LogP contribution in [0, 0.1) is 0 Å². The van der Waals surface area contributed by atoms with E-state index in [2.05, 4.69) is 0 Å². The van der Waals surface area contributed by atoms with Crippen LogP contribution in [-0.4, -0.2) is 52.6 Å². The molecular formula is C13H17NO5S2. The third-order valence-corrected chi connectivity index (χ3v) is 6.64. The van der Waals surface area contributed by atoms with Crippen molar-refractivity contribution in [3.05, 3.63) is 29.3 Å². The van der Waals surface area contributed by atoms with Gasteiger partial charge in [-0.05, 0) is 24.1 Å². The minimum atomic E-state index is -3.73. The number of aryl methyl sites for hydroxylation is 1. The smallest absolute Gasteiger partial charge is 0.336 e. The predicted octanol–water partition coefficient (Wildman–Crippen LogP) is 0.700. The van der Waals surface area contributed by atoms with Gasteiger partial charge in [0.1, 0.15) is 0 Å². The van der Waals surface area contributed by atoms with E-state index in [0.717, 1.165) is 0 Å². The molecule has 1 heterocycles. The Morgan fingerprint density at radius 3 is 2.48 bits per heavy atom. The van der Waals surface area contributed by atoms with E-state index in [0.29, 0.717) is 23.5 Å². The molecule has 8 heteroatoms. The largest absolute Gasteiger partial charge is 0.478 e. The van der Waals surface area contributed by atoms with E-state index in [-0.39, 0.29) is 23.5 Å². The molecular weight excluding hydrogens is 314 g/mol. The van der Waals surface area contributed by atoms with E-state index in [1.165, 1.54) is 16.4 Å². The van der Waals surface area contributed by atoms with Crippen LogP contribution in [0.1, 0.15) is 22.8 Å². The summed E-state index contributed by atoms with van der Waals surface area (Å²) in [6, 6.07) is 4.19. The van der Waals surface area contributed by atoms with E-state index >= 15 is 0 Å². The molecule has 0 aromatic heterocycles. The van der Waals surface area contributed by atoms with Gasteiger partial charge >= 0.3 is 5.97 Å². The number of hydrogen-bond donors (Lipinski definition) is 1. The predicted molar refractivity (Wildman–Crippen MR) is 79.4 cm³/mol. The van der Waals surface area contributed by atoms with Crippen molar-refractivity contribution in [1.82, 2.24) is 4.31 Å². The van der Waals surface area contributed by atoms with Crippen LogP contribution in [0.4, 0.5) is 0 Å². The highest BCUT2D eigenvalue weighted by molar-refractivity contribution is 7.89. The van der Waals surface area contributed by atoms with Crippen molar-refractivity contribution in [3.63, 3.8) is 0 Å². The van der Waals surface area contributed by atoms with Crippen molar-refractivity contribution < 1.29 is 22.5 Å². The molecule has 0 atom stereocenters. The normalized spacial score (nSPS) is 17.8. The molecule has 21 heavy (non-hydrogen) atoms. The van der Waals surface area contributed by atoms with Crippen LogP contribution in [0.15, 0.2) is 23.1 Å². The molecule has 0 aliphatic carbocycles. The number of nitrogens with zero attached hydrogens (tertiary/aromatic N) is 1. The van der Waals surface area contributed by atoms with Gasteiger partial charge in [-0.25, -0.2) is 13.2 Å². The Hall–Kier alpha value is -1.25. The lowest BCUT2D eigenvalue weighted by Gasteiger charge is -2.25. The second-order valence-electron chi connectivity index (χ2n) is 4.73. The number of carboxylic acids is 1. The Labute approximate surface area is 126 Å². The lowest BCUT2D eigenvalue weighted by Crippen LogP contribution is -2.41. The standard InChI is InChI=1S/C13H17NO5S2/c1-2-10-3-4-11(9-12(10)13(15)16)21(18,19)14-5-7-20(17)8-6-14/h3-4,9H,2,5-8H2,1H3,(H,15,16). The number of benzene rings is 1. The Kier molecular flexibility index (Phi) is 4.80. The third-order valence-electron chi connectivity index (χ3n) is 3.47. The molecule has 2 rings (SSSR count). The van der Waals surface area contributed by atoms with Crippen LogP contribution in [0.2, 0.25) is 0 Å². The maximum atomic E-state index is 12.5. The van der Waals surface area contributed by atoms with Crippen molar-refractivity contribution in [1.29, 1.82) is 0 Å². The third kappa shape index (κ3) is 3.33. The van der Waals surface area contributed by atoms with Gasteiger partial charge in [0.15, 0.2) is 0 Å². The topological polar surface area (TPSA) is 91.8 Å². The van der Waals surface area contributed by atoms with Crippen molar-refractivity contribution >= 4 is 26.8 Å². The summed E-state index contributed by atoms with van der Waals surface area (Å²) in [6.45, 7) is 2.22. The van der Waals surface area contributed by atoms with E-state index < -0.39 is 26.8 Å². The maximum absolute atomic E-state index is 12.5. The fourth-order valence-corrected chi connectivity index (χ4v) is 4.99. The minimum absolute atomic E-state index is 0.0131. The number of hydrogen-bond acceptors (Lipinski definition) is 4. The van der Waals surface area contributed by atoms with Crippen molar-refractivity contribution in [3.8, 4) is 0 Å². The molecule has 0 radical (unpaired) electrons. The van der Waals surface area contributed by atoms with Crippen LogP contribution >= 0.6 is 0 Å². The van der Waals surface area contributed by atoms with Gasteiger partial charge in [-0.1, -0.05) is 13.0 Å². The molecule has 0 unspecified atom stereocenters. The van der Waals surface area contributed by atoms with E-state index in [1.807, 2.05) is 6.92 Å². The van der Waals surface area contributed by atoms with Gasteiger partial charge in [-0.3, -0.25) is 4.21 Å². The molecule has 116 valence electrons. The summed E-state index contributed by atoms with van der Waals surface area (Å²) in [5, 5.41) is 9.18. The van der Waals surface area contributed by atoms with E-state index in [1.54, 1.807) is 6.07 Å². The highest BCUT2D eigenvalue weighted by atomic mass is 32.2. The second-order valence-corrected chi connectivity index (χ2v) is 8.36. The van der Waals surface area contributed by atoms with Crippen molar-refractivity contribution in [2.45, 2.75) is 18.2 Å². The van der Waals surface area contributed by atoms with Crippen LogP contribution in [0.3, 0.4) is 0 Å². The zero-order valence-electron chi connectivity index (χ0n) is 11.6. The lowest BCUT2D eigenvalue weighted by atomic mass is 10.1. The molecule has 6 nitrogen and oxygen atoms in total. The summed E-state index contributed by atoms with van der Waals surface area (Å²) < 4.78 is 37.6. The van der Waals surface area contributed by atoms with E-state index in [4.69, 9.17) is 0 Å². The first-order chi connectivity index (χ1) is 9.86. The van der Waals surface area contributed by atoms with Crippen LogP contribution in [0.25, 0.3) is 0 Å². The maximum Gasteiger partial charge on any atom is 0.336 e. The Morgan fingerprint density at radius 1 is 1.33 bits per heavy atom. The quantitative estimate of drug-likeness (QED) is 0.877. The highest BCUT2D eigenvalue weighted by Gasteiger charge is 2.29. The first-order valence-corrected chi connectivity index (χ1v) is 9.50. The fraction of sp³-hybridized carbons (Fsp3) is 0.462. The van der Waals surface area contributed by atoms with Gasteiger partial charge in [0, 0.05) is 35.4 Å². The lowest BCUT2D eigenvalue weighted by molar-refractivity contribution is 0.0695.